The van der Waals surface area contributed by atoms with Gasteiger partial charge in [0.15, 0.2) is 0 Å². The Morgan fingerprint density at radius 3 is 1.65 bits per heavy atom. The molecule has 0 amide bonds. The topological polar surface area (TPSA) is 27.7 Å². The molecule has 0 aliphatic heterocycles. The van der Waals surface area contributed by atoms with E-state index in [0.717, 1.165) is 11.1 Å². The Kier molecular flexibility index (Phi) is 7.78. The van der Waals surface area contributed by atoms with Crippen LogP contribution in [0.1, 0.15) is 18.1 Å². The fraction of sp³-hybridized carbons (Fsp3) is 0.333. The van der Waals surface area contributed by atoms with Gasteiger partial charge in [0.1, 0.15) is 0 Å². The SMILES string of the molecule is CCO[Si](CCCl)(OCc1ccccc1)OCc1ccccc1. The molecule has 0 N–H and O–H groups in total. The van der Waals surface area contributed by atoms with Crippen LogP contribution in [-0.4, -0.2) is 21.3 Å². The van der Waals surface area contributed by atoms with Gasteiger partial charge in [0.05, 0.1) is 13.2 Å². The summed E-state index contributed by atoms with van der Waals surface area (Å²) in [6, 6.07) is 20.7. The highest BCUT2D eigenvalue weighted by Gasteiger charge is 2.40. The van der Waals surface area contributed by atoms with Crippen LogP contribution in [0.5, 0.6) is 0 Å². The number of alkyl halides is 1. The Morgan fingerprint density at radius 2 is 1.26 bits per heavy atom. The van der Waals surface area contributed by atoms with E-state index in [1.165, 1.54) is 0 Å². The maximum Gasteiger partial charge on any atom is 0.502 e. The van der Waals surface area contributed by atoms with Crippen molar-refractivity contribution >= 4 is 20.4 Å². The van der Waals surface area contributed by atoms with Crippen LogP contribution in [0, 0.1) is 0 Å². The van der Waals surface area contributed by atoms with Crippen molar-refractivity contribution in [2.24, 2.45) is 0 Å². The number of halogens is 1. The fourth-order valence-corrected chi connectivity index (χ4v) is 5.03. The highest BCUT2D eigenvalue weighted by molar-refractivity contribution is 6.61. The van der Waals surface area contributed by atoms with Crippen LogP contribution in [0.15, 0.2) is 60.7 Å². The van der Waals surface area contributed by atoms with Crippen LogP contribution in [0.4, 0.5) is 0 Å². The first kappa shape index (κ1) is 18.2. The largest absolute Gasteiger partial charge is 0.502 e. The van der Waals surface area contributed by atoms with E-state index < -0.39 is 8.80 Å². The van der Waals surface area contributed by atoms with E-state index in [-0.39, 0.29) is 0 Å². The molecule has 23 heavy (non-hydrogen) atoms. The summed E-state index contributed by atoms with van der Waals surface area (Å²) in [6.07, 6.45) is 0. The molecule has 0 fully saturated rings. The first-order chi connectivity index (χ1) is 11.3. The van der Waals surface area contributed by atoms with Crippen LogP contribution in [0.25, 0.3) is 0 Å². The van der Waals surface area contributed by atoms with Crippen molar-refractivity contribution in [3.8, 4) is 0 Å². The molecule has 2 aromatic rings. The van der Waals surface area contributed by atoms with Crippen molar-refractivity contribution in [2.45, 2.75) is 26.2 Å². The summed E-state index contributed by atoms with van der Waals surface area (Å²) in [5, 5.41) is 0. The van der Waals surface area contributed by atoms with E-state index in [2.05, 4.69) is 0 Å². The van der Waals surface area contributed by atoms with Gasteiger partial charge in [-0.2, -0.15) is 0 Å². The molecule has 0 aliphatic carbocycles. The van der Waals surface area contributed by atoms with E-state index in [1.807, 2.05) is 67.6 Å². The van der Waals surface area contributed by atoms with Crippen LogP contribution >= 0.6 is 11.6 Å². The highest BCUT2D eigenvalue weighted by Crippen LogP contribution is 2.21. The predicted octanol–water partition coefficient (Wildman–Crippen LogP) is 4.63. The lowest BCUT2D eigenvalue weighted by atomic mass is 10.2. The van der Waals surface area contributed by atoms with Crippen LogP contribution in [-0.2, 0) is 26.5 Å². The lowest BCUT2D eigenvalue weighted by Crippen LogP contribution is -2.46. The van der Waals surface area contributed by atoms with Gasteiger partial charge in [0, 0.05) is 18.5 Å². The van der Waals surface area contributed by atoms with Gasteiger partial charge in [0.25, 0.3) is 0 Å². The lowest BCUT2D eigenvalue weighted by Gasteiger charge is -2.29. The Morgan fingerprint density at radius 1 is 0.783 bits per heavy atom. The molecule has 0 unspecified atom stereocenters. The molecule has 0 aromatic heterocycles. The Bertz CT molecular complexity index is 499. The van der Waals surface area contributed by atoms with E-state index in [4.69, 9.17) is 24.9 Å². The van der Waals surface area contributed by atoms with Crippen molar-refractivity contribution in [3.63, 3.8) is 0 Å². The monoisotopic (exact) mass is 350 g/mol. The van der Waals surface area contributed by atoms with Crippen molar-refractivity contribution < 1.29 is 13.3 Å². The third-order valence-corrected chi connectivity index (χ3v) is 6.63. The third kappa shape index (κ3) is 6.09. The zero-order chi connectivity index (χ0) is 16.4. The number of rotatable bonds is 10. The van der Waals surface area contributed by atoms with Crippen molar-refractivity contribution in [1.29, 1.82) is 0 Å². The molecular weight excluding hydrogens is 328 g/mol. The lowest BCUT2D eigenvalue weighted by molar-refractivity contribution is 0.0531. The third-order valence-electron chi connectivity index (χ3n) is 3.37. The van der Waals surface area contributed by atoms with E-state index >= 15 is 0 Å². The van der Waals surface area contributed by atoms with Gasteiger partial charge in [-0.05, 0) is 18.1 Å². The normalized spacial score (nSPS) is 11.6. The van der Waals surface area contributed by atoms with E-state index in [0.29, 0.717) is 31.7 Å². The zero-order valence-corrected chi connectivity index (χ0v) is 15.2. The van der Waals surface area contributed by atoms with Crippen LogP contribution in [0.2, 0.25) is 6.04 Å². The van der Waals surface area contributed by atoms with E-state index in [1.54, 1.807) is 0 Å². The van der Waals surface area contributed by atoms with Crippen molar-refractivity contribution in [3.05, 3.63) is 71.8 Å². The minimum Gasteiger partial charge on any atom is -0.374 e. The first-order valence-corrected chi connectivity index (χ1v) is 10.3. The standard InChI is InChI=1S/C18H23ClO3Si/c1-2-20-23(14-13-19,21-15-17-9-5-3-6-10-17)22-16-18-11-7-4-8-12-18/h3-12H,2,13-16H2,1H3. The minimum absolute atomic E-state index is 0.454. The number of hydrogen-bond donors (Lipinski definition) is 0. The molecule has 0 saturated heterocycles. The molecule has 2 rings (SSSR count). The first-order valence-electron chi connectivity index (χ1n) is 7.83. The molecule has 0 spiro atoms. The summed E-state index contributed by atoms with van der Waals surface area (Å²) in [6.45, 7) is 3.44. The maximum absolute atomic E-state index is 6.13. The molecule has 2 aromatic carbocycles. The molecule has 5 heteroatoms. The fourth-order valence-electron chi connectivity index (χ4n) is 2.21. The molecule has 0 radical (unpaired) electrons. The predicted molar refractivity (Wildman–Crippen MR) is 95.4 cm³/mol. The summed E-state index contributed by atoms with van der Waals surface area (Å²) in [5.41, 5.74) is 2.20. The van der Waals surface area contributed by atoms with Gasteiger partial charge in [-0.1, -0.05) is 60.7 Å². The van der Waals surface area contributed by atoms with Gasteiger partial charge in [-0.15, -0.1) is 11.6 Å². The summed E-state index contributed by atoms with van der Waals surface area (Å²) in [4.78, 5) is 0. The highest BCUT2D eigenvalue weighted by atomic mass is 35.5. The Balaban J connectivity index is 2.03. The van der Waals surface area contributed by atoms with Gasteiger partial charge < -0.3 is 13.3 Å². The Hall–Kier alpha value is -1.17. The second-order valence-corrected chi connectivity index (χ2v) is 8.21. The quantitative estimate of drug-likeness (QED) is 0.461. The zero-order valence-electron chi connectivity index (χ0n) is 13.4. The molecule has 0 atom stereocenters. The second kappa shape index (κ2) is 9.85. The minimum atomic E-state index is -2.79. The van der Waals surface area contributed by atoms with Gasteiger partial charge in [-0.25, -0.2) is 0 Å². The van der Waals surface area contributed by atoms with Gasteiger partial charge in [0.2, 0.25) is 0 Å². The summed E-state index contributed by atoms with van der Waals surface area (Å²) in [7, 11) is -2.79. The van der Waals surface area contributed by atoms with Crippen LogP contribution in [0.3, 0.4) is 0 Å². The summed E-state index contributed by atoms with van der Waals surface area (Å²) >= 11 is 5.98. The van der Waals surface area contributed by atoms with Crippen LogP contribution < -0.4 is 0 Å². The molecule has 0 aliphatic rings. The average molecular weight is 351 g/mol. The maximum atomic E-state index is 6.13. The second-order valence-electron chi connectivity index (χ2n) is 5.10. The molecular formula is C18H23ClO3Si. The summed E-state index contributed by atoms with van der Waals surface area (Å²) in [5.74, 6) is 0.454. The number of benzene rings is 2. The molecule has 0 saturated carbocycles. The van der Waals surface area contributed by atoms with E-state index in [9.17, 15) is 0 Å². The Labute approximate surface area is 144 Å². The van der Waals surface area contributed by atoms with Crippen molar-refractivity contribution in [1.82, 2.24) is 0 Å². The smallest absolute Gasteiger partial charge is 0.374 e. The van der Waals surface area contributed by atoms with Crippen molar-refractivity contribution in [2.75, 3.05) is 12.5 Å². The number of hydrogen-bond acceptors (Lipinski definition) is 3. The van der Waals surface area contributed by atoms with Gasteiger partial charge >= 0.3 is 8.80 Å². The molecule has 0 heterocycles. The molecule has 124 valence electrons. The van der Waals surface area contributed by atoms with Gasteiger partial charge in [-0.3, -0.25) is 0 Å². The summed E-state index contributed by atoms with van der Waals surface area (Å²) < 4.78 is 18.2. The molecule has 0 bridgehead atoms. The molecule has 3 nitrogen and oxygen atoms in total. The average Bonchev–Trinajstić information content (AvgIpc) is 2.60.